The zero-order valence-corrected chi connectivity index (χ0v) is 11.0. The van der Waals surface area contributed by atoms with Crippen LogP contribution in [0.1, 0.15) is 16.1 Å². The van der Waals surface area contributed by atoms with Crippen LogP contribution in [0.5, 0.6) is 0 Å². The lowest BCUT2D eigenvalue weighted by atomic mass is 10.2. The highest BCUT2D eigenvalue weighted by molar-refractivity contribution is 9.10. The van der Waals surface area contributed by atoms with Gasteiger partial charge >= 0.3 is 5.97 Å². The van der Waals surface area contributed by atoms with Gasteiger partial charge < -0.3 is 10.4 Å². The number of carboxylic acid groups (broad SMARTS) is 1. The molecule has 2 aromatic rings. The zero-order valence-electron chi connectivity index (χ0n) is 9.43. The third-order valence-electron chi connectivity index (χ3n) is 2.34. The third kappa shape index (κ3) is 3.30. The molecule has 0 amide bonds. The first-order chi connectivity index (χ1) is 8.65. The maximum Gasteiger partial charge on any atom is 0.335 e. The summed E-state index contributed by atoms with van der Waals surface area (Å²) in [6, 6.07) is 10.7. The van der Waals surface area contributed by atoms with Gasteiger partial charge in [0.25, 0.3) is 0 Å². The molecule has 0 aliphatic carbocycles. The number of anilines is 1. The molecule has 0 spiro atoms. The number of aromatic nitrogens is 1. The summed E-state index contributed by atoms with van der Waals surface area (Å²) in [7, 11) is 0. The predicted octanol–water partition coefficient (Wildman–Crippen LogP) is 3.15. The van der Waals surface area contributed by atoms with Crippen LogP contribution in [0.3, 0.4) is 0 Å². The standard InChI is InChI=1S/C13H11BrN2O2/c14-10-5-9(13(17)18)6-12(7-10)16-8-11-3-1-2-4-15-11/h1-7,16H,8H2,(H,17,18). The minimum atomic E-state index is -0.947. The van der Waals surface area contributed by atoms with Gasteiger partial charge in [0.2, 0.25) is 0 Å². The number of halogens is 1. The molecule has 0 unspecified atom stereocenters. The van der Waals surface area contributed by atoms with Crippen molar-refractivity contribution in [3.8, 4) is 0 Å². The van der Waals surface area contributed by atoms with Crippen molar-refractivity contribution in [2.75, 3.05) is 5.32 Å². The molecule has 2 rings (SSSR count). The van der Waals surface area contributed by atoms with Gasteiger partial charge in [-0.05, 0) is 30.3 Å². The molecule has 1 aromatic heterocycles. The summed E-state index contributed by atoms with van der Waals surface area (Å²) in [6.45, 7) is 0.552. The molecule has 0 fully saturated rings. The van der Waals surface area contributed by atoms with Gasteiger partial charge in [0.15, 0.2) is 0 Å². The molecule has 18 heavy (non-hydrogen) atoms. The lowest BCUT2D eigenvalue weighted by Gasteiger charge is -2.07. The molecule has 1 heterocycles. The highest BCUT2D eigenvalue weighted by Gasteiger charge is 2.05. The van der Waals surface area contributed by atoms with Crippen molar-refractivity contribution in [2.45, 2.75) is 6.54 Å². The van der Waals surface area contributed by atoms with Crippen molar-refractivity contribution in [1.82, 2.24) is 4.98 Å². The molecular formula is C13H11BrN2O2. The Kier molecular flexibility index (Phi) is 3.94. The number of pyridine rings is 1. The average Bonchev–Trinajstić information content (AvgIpc) is 2.37. The van der Waals surface area contributed by atoms with Gasteiger partial charge in [0.1, 0.15) is 0 Å². The van der Waals surface area contributed by atoms with Crippen molar-refractivity contribution in [1.29, 1.82) is 0 Å². The van der Waals surface area contributed by atoms with Crippen LogP contribution < -0.4 is 5.32 Å². The van der Waals surface area contributed by atoms with E-state index in [9.17, 15) is 4.79 Å². The summed E-state index contributed by atoms with van der Waals surface area (Å²) < 4.78 is 0.728. The Morgan fingerprint density at radius 3 is 2.83 bits per heavy atom. The number of aromatic carboxylic acids is 1. The van der Waals surface area contributed by atoms with Crippen molar-refractivity contribution in [2.24, 2.45) is 0 Å². The number of carbonyl (C=O) groups is 1. The van der Waals surface area contributed by atoms with Crippen LogP contribution in [0, 0.1) is 0 Å². The minimum Gasteiger partial charge on any atom is -0.478 e. The molecule has 0 aliphatic rings. The van der Waals surface area contributed by atoms with Crippen molar-refractivity contribution >= 4 is 27.6 Å². The second-order valence-electron chi connectivity index (χ2n) is 3.71. The fourth-order valence-corrected chi connectivity index (χ4v) is 2.00. The van der Waals surface area contributed by atoms with E-state index in [-0.39, 0.29) is 5.56 Å². The van der Waals surface area contributed by atoms with Crippen LogP contribution in [0.2, 0.25) is 0 Å². The van der Waals surface area contributed by atoms with Crippen molar-refractivity contribution in [3.05, 3.63) is 58.3 Å². The molecule has 0 saturated heterocycles. The van der Waals surface area contributed by atoms with E-state index >= 15 is 0 Å². The first kappa shape index (κ1) is 12.6. The van der Waals surface area contributed by atoms with E-state index in [1.165, 1.54) is 0 Å². The largest absolute Gasteiger partial charge is 0.478 e. The van der Waals surface area contributed by atoms with Crippen LogP contribution in [0.4, 0.5) is 5.69 Å². The molecule has 0 bridgehead atoms. The number of carboxylic acids is 1. The first-order valence-electron chi connectivity index (χ1n) is 5.33. The topological polar surface area (TPSA) is 62.2 Å². The number of rotatable bonds is 4. The maximum absolute atomic E-state index is 10.9. The zero-order chi connectivity index (χ0) is 13.0. The highest BCUT2D eigenvalue weighted by atomic mass is 79.9. The van der Waals surface area contributed by atoms with E-state index in [4.69, 9.17) is 5.11 Å². The van der Waals surface area contributed by atoms with E-state index in [0.29, 0.717) is 6.54 Å². The fraction of sp³-hybridized carbons (Fsp3) is 0.0769. The van der Waals surface area contributed by atoms with Gasteiger partial charge in [-0.3, -0.25) is 4.98 Å². The number of hydrogen-bond donors (Lipinski definition) is 2. The number of hydrogen-bond acceptors (Lipinski definition) is 3. The molecule has 5 heteroatoms. The maximum atomic E-state index is 10.9. The summed E-state index contributed by atoms with van der Waals surface area (Å²) >= 11 is 3.29. The van der Waals surface area contributed by atoms with Crippen molar-refractivity contribution in [3.63, 3.8) is 0 Å². The van der Waals surface area contributed by atoms with E-state index in [1.807, 2.05) is 24.3 Å². The smallest absolute Gasteiger partial charge is 0.335 e. The molecule has 0 aliphatic heterocycles. The highest BCUT2D eigenvalue weighted by Crippen LogP contribution is 2.20. The second kappa shape index (κ2) is 5.64. The molecule has 0 saturated carbocycles. The summed E-state index contributed by atoms with van der Waals surface area (Å²) in [5, 5.41) is 12.1. The van der Waals surface area contributed by atoms with E-state index in [1.54, 1.807) is 18.3 Å². The Hall–Kier alpha value is -1.88. The summed E-state index contributed by atoms with van der Waals surface area (Å²) in [6.07, 6.45) is 1.72. The Morgan fingerprint density at radius 1 is 1.33 bits per heavy atom. The van der Waals surface area contributed by atoms with Gasteiger partial charge in [-0.1, -0.05) is 22.0 Å². The lowest BCUT2D eigenvalue weighted by molar-refractivity contribution is 0.0697. The third-order valence-corrected chi connectivity index (χ3v) is 2.80. The number of nitrogens with one attached hydrogen (secondary N) is 1. The van der Waals surface area contributed by atoms with E-state index in [0.717, 1.165) is 15.9 Å². The summed E-state index contributed by atoms with van der Waals surface area (Å²) in [5.41, 5.74) is 1.88. The monoisotopic (exact) mass is 306 g/mol. The summed E-state index contributed by atoms with van der Waals surface area (Å²) in [5.74, 6) is -0.947. The molecule has 0 atom stereocenters. The predicted molar refractivity (Wildman–Crippen MR) is 72.7 cm³/mol. The van der Waals surface area contributed by atoms with Crippen LogP contribution >= 0.6 is 15.9 Å². The average molecular weight is 307 g/mol. The van der Waals surface area contributed by atoms with Gasteiger partial charge in [-0.2, -0.15) is 0 Å². The molecular weight excluding hydrogens is 296 g/mol. The number of nitrogens with zero attached hydrogens (tertiary/aromatic N) is 1. The van der Waals surface area contributed by atoms with Crippen LogP contribution in [-0.4, -0.2) is 16.1 Å². The number of benzene rings is 1. The normalized spacial score (nSPS) is 10.1. The molecule has 92 valence electrons. The molecule has 2 N–H and O–H groups in total. The fourth-order valence-electron chi connectivity index (χ4n) is 1.51. The quantitative estimate of drug-likeness (QED) is 0.911. The molecule has 1 aromatic carbocycles. The minimum absolute atomic E-state index is 0.243. The van der Waals surface area contributed by atoms with Crippen LogP contribution in [-0.2, 0) is 6.54 Å². The van der Waals surface area contributed by atoms with Gasteiger partial charge in [0, 0.05) is 16.4 Å². The van der Waals surface area contributed by atoms with Crippen LogP contribution in [0.15, 0.2) is 47.1 Å². The Labute approximate surface area is 113 Å². The van der Waals surface area contributed by atoms with Gasteiger partial charge in [0.05, 0.1) is 17.8 Å². The lowest BCUT2D eigenvalue weighted by Crippen LogP contribution is -2.03. The van der Waals surface area contributed by atoms with E-state index in [2.05, 4.69) is 26.2 Å². The molecule has 4 nitrogen and oxygen atoms in total. The molecule has 0 radical (unpaired) electrons. The first-order valence-corrected chi connectivity index (χ1v) is 6.12. The Morgan fingerprint density at radius 2 is 2.17 bits per heavy atom. The van der Waals surface area contributed by atoms with Crippen molar-refractivity contribution < 1.29 is 9.90 Å². The van der Waals surface area contributed by atoms with Gasteiger partial charge in [-0.25, -0.2) is 4.79 Å². The Bertz CT molecular complexity index is 558. The summed E-state index contributed by atoms with van der Waals surface area (Å²) in [4.78, 5) is 15.1. The van der Waals surface area contributed by atoms with Crippen LogP contribution in [0.25, 0.3) is 0 Å². The Balaban J connectivity index is 2.12. The van der Waals surface area contributed by atoms with Gasteiger partial charge in [-0.15, -0.1) is 0 Å². The SMILES string of the molecule is O=C(O)c1cc(Br)cc(NCc2ccccn2)c1. The second-order valence-corrected chi connectivity index (χ2v) is 4.62. The van der Waals surface area contributed by atoms with E-state index < -0.39 is 5.97 Å².